The quantitative estimate of drug-likeness (QED) is 0.374. The van der Waals surface area contributed by atoms with Crippen molar-refractivity contribution in [3.8, 4) is 0 Å². The number of cyclic esters (lactones) is 1. The van der Waals surface area contributed by atoms with E-state index in [-0.39, 0.29) is 30.5 Å². The number of aromatic nitrogens is 1. The fraction of sp³-hybridized carbons (Fsp3) is 0.348. The van der Waals surface area contributed by atoms with Crippen LogP contribution in [-0.4, -0.2) is 47.9 Å². The van der Waals surface area contributed by atoms with E-state index in [2.05, 4.69) is 20.5 Å². The number of benzene rings is 1. The van der Waals surface area contributed by atoms with E-state index in [1.165, 1.54) is 18.5 Å². The molecule has 1 aromatic carbocycles. The smallest absolute Gasteiger partial charge is 0.338 e. The lowest BCUT2D eigenvalue weighted by molar-refractivity contribution is 0.0535. The van der Waals surface area contributed by atoms with Crippen LogP contribution in [0.4, 0.5) is 14.5 Å². The monoisotopic (exact) mass is 456 g/mol. The zero-order valence-corrected chi connectivity index (χ0v) is 18.1. The van der Waals surface area contributed by atoms with Crippen LogP contribution in [0.25, 0.3) is 0 Å². The predicted octanol–water partition coefficient (Wildman–Crippen LogP) is 2.87. The van der Waals surface area contributed by atoms with Crippen LogP contribution in [0.3, 0.4) is 0 Å². The van der Waals surface area contributed by atoms with Crippen molar-refractivity contribution in [2.45, 2.75) is 32.2 Å². The van der Waals surface area contributed by atoms with Gasteiger partial charge in [-0.3, -0.25) is 15.2 Å². The SMILES string of the molecule is Cc1c([C@@H]2CN(C/C(C=N)=C/Nc3ccnc(C(F)F)c3)C[C@H](N)N2)ccc2c1COC2=O. The van der Waals surface area contributed by atoms with E-state index in [9.17, 15) is 13.6 Å². The zero-order valence-electron chi connectivity index (χ0n) is 18.1. The second-order valence-electron chi connectivity index (χ2n) is 8.18. The second kappa shape index (κ2) is 9.74. The van der Waals surface area contributed by atoms with Crippen molar-refractivity contribution >= 4 is 17.9 Å². The molecule has 0 unspecified atom stereocenters. The lowest BCUT2D eigenvalue weighted by atomic mass is 9.92. The van der Waals surface area contributed by atoms with E-state index in [4.69, 9.17) is 15.9 Å². The number of halogens is 2. The highest BCUT2D eigenvalue weighted by Gasteiger charge is 2.30. The van der Waals surface area contributed by atoms with Gasteiger partial charge in [-0.05, 0) is 41.8 Å². The number of esters is 1. The largest absolute Gasteiger partial charge is 0.457 e. The zero-order chi connectivity index (χ0) is 23.5. The molecule has 10 heteroatoms. The van der Waals surface area contributed by atoms with E-state index < -0.39 is 6.43 Å². The molecule has 8 nitrogen and oxygen atoms in total. The minimum absolute atomic E-state index is 0.0523. The molecule has 1 aromatic heterocycles. The van der Waals surface area contributed by atoms with Crippen LogP contribution in [0.2, 0.25) is 0 Å². The number of carbonyl (C=O) groups excluding carboxylic acids is 1. The number of alkyl halides is 2. The summed E-state index contributed by atoms with van der Waals surface area (Å²) in [5.74, 6) is -0.294. The highest BCUT2D eigenvalue weighted by molar-refractivity contribution is 5.94. The Morgan fingerprint density at radius 2 is 2.24 bits per heavy atom. The standard InChI is InChI=1S/C23H26F2N6O2/c1-13-16(2-3-17-18(13)12-33-23(17)32)20-10-31(11-21(27)30-20)9-14(7-26)8-29-15-4-5-28-19(6-15)22(24)25/h2-8,20-22,26,30H,9-12,27H2,1H3,(H,28,29)/b14-8+,26-7?/t20-,21+/m0/s1. The molecule has 33 heavy (non-hydrogen) atoms. The molecule has 0 bridgehead atoms. The van der Waals surface area contributed by atoms with Crippen LogP contribution in [0, 0.1) is 12.3 Å². The number of nitrogens with two attached hydrogens (primary N) is 1. The summed E-state index contributed by atoms with van der Waals surface area (Å²) in [7, 11) is 0. The van der Waals surface area contributed by atoms with Crippen molar-refractivity contribution < 1.29 is 18.3 Å². The van der Waals surface area contributed by atoms with Gasteiger partial charge in [0.2, 0.25) is 0 Å². The maximum absolute atomic E-state index is 12.9. The number of hydrogen-bond acceptors (Lipinski definition) is 8. The summed E-state index contributed by atoms with van der Waals surface area (Å²) in [5.41, 5.74) is 10.7. The number of nitrogens with zero attached hydrogens (tertiary/aromatic N) is 2. The number of anilines is 1. The third-order valence-corrected chi connectivity index (χ3v) is 5.91. The van der Waals surface area contributed by atoms with Crippen molar-refractivity contribution in [2.75, 3.05) is 25.0 Å². The molecule has 2 atom stereocenters. The topological polar surface area (TPSA) is 116 Å². The lowest BCUT2D eigenvalue weighted by Gasteiger charge is -2.38. The first-order valence-corrected chi connectivity index (χ1v) is 10.6. The fourth-order valence-corrected chi connectivity index (χ4v) is 4.26. The van der Waals surface area contributed by atoms with Crippen LogP contribution < -0.4 is 16.4 Å². The molecule has 4 rings (SSSR count). The normalized spacial score (nSPS) is 21.1. The molecular formula is C23H26F2N6O2. The second-order valence-corrected chi connectivity index (χ2v) is 8.18. The van der Waals surface area contributed by atoms with E-state index in [0.717, 1.165) is 16.7 Å². The summed E-state index contributed by atoms with van der Waals surface area (Å²) in [6.07, 6.45) is 1.25. The summed E-state index contributed by atoms with van der Waals surface area (Å²) in [4.78, 5) is 17.6. The Balaban J connectivity index is 1.47. The van der Waals surface area contributed by atoms with Gasteiger partial charge in [0.05, 0.1) is 11.7 Å². The first-order chi connectivity index (χ1) is 15.9. The van der Waals surface area contributed by atoms with Crippen molar-refractivity contribution in [1.29, 1.82) is 5.41 Å². The Bertz CT molecular complexity index is 1090. The van der Waals surface area contributed by atoms with Crippen molar-refractivity contribution in [2.24, 2.45) is 5.73 Å². The number of pyridine rings is 1. The van der Waals surface area contributed by atoms with Gasteiger partial charge < -0.3 is 21.2 Å². The molecule has 5 N–H and O–H groups in total. The molecule has 0 aliphatic carbocycles. The number of ether oxygens (including phenoxy) is 1. The van der Waals surface area contributed by atoms with Gasteiger partial charge in [0, 0.05) is 55.5 Å². The number of fused-ring (bicyclic) bond motifs is 1. The molecule has 1 saturated heterocycles. The summed E-state index contributed by atoms with van der Waals surface area (Å²) < 4.78 is 30.9. The summed E-state index contributed by atoms with van der Waals surface area (Å²) in [6, 6.07) is 6.56. The molecule has 0 spiro atoms. The fourth-order valence-electron chi connectivity index (χ4n) is 4.26. The average molecular weight is 456 g/mol. The minimum atomic E-state index is -2.65. The van der Waals surface area contributed by atoms with Gasteiger partial charge in [-0.1, -0.05) is 6.07 Å². The molecule has 1 fully saturated rings. The van der Waals surface area contributed by atoms with E-state index >= 15 is 0 Å². The number of hydrogen-bond donors (Lipinski definition) is 4. The van der Waals surface area contributed by atoms with Crippen LogP contribution in [0.5, 0.6) is 0 Å². The molecule has 174 valence electrons. The number of rotatable bonds is 7. The minimum Gasteiger partial charge on any atom is -0.457 e. The number of nitrogens with one attached hydrogen (secondary N) is 3. The molecule has 2 aliphatic heterocycles. The summed E-state index contributed by atoms with van der Waals surface area (Å²) >= 11 is 0. The van der Waals surface area contributed by atoms with Gasteiger partial charge in [0.15, 0.2) is 0 Å². The molecule has 0 amide bonds. The first-order valence-electron chi connectivity index (χ1n) is 10.6. The summed E-state index contributed by atoms with van der Waals surface area (Å²) in [6.45, 7) is 3.96. The van der Waals surface area contributed by atoms with Gasteiger partial charge in [0.25, 0.3) is 6.43 Å². The van der Waals surface area contributed by atoms with Crippen molar-refractivity contribution in [3.05, 3.63) is 70.2 Å². The molecule has 0 saturated carbocycles. The first kappa shape index (κ1) is 23.0. The maximum Gasteiger partial charge on any atom is 0.338 e. The maximum atomic E-state index is 12.9. The van der Waals surface area contributed by atoms with Gasteiger partial charge >= 0.3 is 5.97 Å². The van der Waals surface area contributed by atoms with Crippen LogP contribution >= 0.6 is 0 Å². The van der Waals surface area contributed by atoms with E-state index in [1.54, 1.807) is 18.3 Å². The van der Waals surface area contributed by atoms with Gasteiger partial charge in [-0.15, -0.1) is 0 Å². The molecule has 2 aromatic rings. The lowest BCUT2D eigenvalue weighted by Crippen LogP contribution is -2.56. The van der Waals surface area contributed by atoms with Crippen molar-refractivity contribution in [3.63, 3.8) is 0 Å². The van der Waals surface area contributed by atoms with Crippen LogP contribution in [-0.2, 0) is 11.3 Å². The molecule has 3 heterocycles. The Kier molecular flexibility index (Phi) is 6.77. The molecular weight excluding hydrogens is 430 g/mol. The summed E-state index contributed by atoms with van der Waals surface area (Å²) in [5, 5.41) is 14.2. The number of piperazine rings is 1. The molecule has 0 radical (unpaired) electrons. The van der Waals surface area contributed by atoms with E-state index in [1.807, 2.05) is 13.0 Å². The Labute approximate surface area is 190 Å². The van der Waals surface area contributed by atoms with Crippen molar-refractivity contribution in [1.82, 2.24) is 15.2 Å². The highest BCUT2D eigenvalue weighted by Crippen LogP contribution is 2.30. The van der Waals surface area contributed by atoms with E-state index in [0.29, 0.717) is 36.5 Å². The van der Waals surface area contributed by atoms with Gasteiger partial charge in [-0.25, -0.2) is 13.6 Å². The predicted molar refractivity (Wildman–Crippen MR) is 120 cm³/mol. The number of carbonyl (C=O) groups is 1. The third kappa shape index (κ3) is 5.08. The Hall–Kier alpha value is -3.21. The molecule has 2 aliphatic rings. The van der Waals surface area contributed by atoms with Crippen LogP contribution in [0.1, 0.15) is 45.2 Å². The average Bonchev–Trinajstić information content (AvgIpc) is 3.18. The highest BCUT2D eigenvalue weighted by atomic mass is 19.3. The van der Waals surface area contributed by atoms with Gasteiger partial charge in [0.1, 0.15) is 12.3 Å². The third-order valence-electron chi connectivity index (χ3n) is 5.91. The Morgan fingerprint density at radius 3 is 3.00 bits per heavy atom. The van der Waals surface area contributed by atoms with Crippen LogP contribution in [0.15, 0.2) is 42.2 Å². The Morgan fingerprint density at radius 1 is 1.42 bits per heavy atom. The van der Waals surface area contributed by atoms with Gasteiger partial charge in [-0.2, -0.15) is 0 Å².